The second-order valence-corrected chi connectivity index (χ2v) is 7.89. The minimum atomic E-state index is -1.50. The lowest BCUT2D eigenvalue weighted by molar-refractivity contribution is -0.200. The largest absolute Gasteiger partial charge is 0.481 e. The van der Waals surface area contributed by atoms with Crippen LogP contribution in [0, 0.1) is 11.8 Å². The monoisotopic (exact) mass is 441 g/mol. The van der Waals surface area contributed by atoms with Crippen molar-refractivity contribution in [1.29, 1.82) is 0 Å². The maximum absolute atomic E-state index is 13.5. The molecule has 2 bridgehead atoms. The Morgan fingerprint density at radius 3 is 1.59 bits per heavy atom. The lowest BCUT2D eigenvalue weighted by Crippen LogP contribution is -2.67. The Bertz CT molecular complexity index is 973. The van der Waals surface area contributed by atoms with E-state index in [1.807, 2.05) is 12.1 Å². The predicted molar refractivity (Wildman–Crippen MR) is 114 cm³/mol. The Kier molecular flexibility index (Phi) is 6.05. The molecule has 0 saturated heterocycles. The molecule has 5 rings (SSSR count). The molecule has 3 aliphatic rings. The average molecular weight is 441 g/mol. The first kappa shape index (κ1) is 22.4. The molecule has 2 aromatic rings. The molecule has 0 aliphatic heterocycles. The van der Waals surface area contributed by atoms with E-state index in [4.69, 9.17) is 9.47 Å². The molecular formula is C24H27NO7. The van der Waals surface area contributed by atoms with Crippen LogP contribution < -0.4 is 5.32 Å². The van der Waals surface area contributed by atoms with Crippen molar-refractivity contribution < 1.29 is 34.4 Å². The van der Waals surface area contributed by atoms with E-state index in [-0.39, 0.29) is 26.4 Å². The molecule has 0 aromatic heterocycles. The zero-order chi connectivity index (χ0) is 22.9. The van der Waals surface area contributed by atoms with E-state index < -0.39 is 34.9 Å². The van der Waals surface area contributed by atoms with Crippen LogP contribution in [-0.2, 0) is 30.3 Å². The summed E-state index contributed by atoms with van der Waals surface area (Å²) in [5.41, 5.74) is -0.515. The number of benzene rings is 2. The second-order valence-electron chi connectivity index (χ2n) is 7.89. The standard InChI is InChI=1S/C24H27NO7/c1-2-25-21(28)19-20(22(29)30)24(32-14-12-27)17-9-5-3-7-15(17)23(19,31-13-11-26)16-8-4-6-10-18(16)24/h3-10,19-20,26-27H,2,11-14H2,1H3,(H,25,28)(H,29,30). The Hall–Kier alpha value is -2.78. The van der Waals surface area contributed by atoms with Gasteiger partial charge in [0.05, 0.1) is 32.3 Å². The van der Waals surface area contributed by atoms with Gasteiger partial charge >= 0.3 is 5.97 Å². The average Bonchev–Trinajstić information content (AvgIpc) is 2.81. The van der Waals surface area contributed by atoms with Crippen LogP contribution in [0.25, 0.3) is 0 Å². The van der Waals surface area contributed by atoms with Crippen LogP contribution >= 0.6 is 0 Å². The van der Waals surface area contributed by atoms with E-state index >= 15 is 0 Å². The molecule has 2 aromatic carbocycles. The van der Waals surface area contributed by atoms with Gasteiger partial charge < -0.3 is 30.1 Å². The van der Waals surface area contributed by atoms with Crippen LogP contribution in [0.2, 0.25) is 0 Å². The summed E-state index contributed by atoms with van der Waals surface area (Å²) in [6.45, 7) is 1.27. The zero-order valence-electron chi connectivity index (χ0n) is 17.8. The van der Waals surface area contributed by atoms with Crippen molar-refractivity contribution in [3.8, 4) is 0 Å². The minimum absolute atomic E-state index is 0.0879. The molecule has 32 heavy (non-hydrogen) atoms. The van der Waals surface area contributed by atoms with E-state index in [2.05, 4.69) is 5.32 Å². The number of fused-ring (bicyclic) bond motifs is 1. The number of hydrogen-bond acceptors (Lipinski definition) is 6. The number of carbonyl (C=O) groups excluding carboxylic acids is 1. The maximum atomic E-state index is 13.5. The zero-order valence-corrected chi connectivity index (χ0v) is 17.8. The molecule has 8 heteroatoms. The fraction of sp³-hybridized carbons (Fsp3) is 0.417. The SMILES string of the molecule is CCNC(=O)C1C(C(=O)O)C2(OCCO)c3ccccc3C1(OCCO)c1ccccc12. The van der Waals surface area contributed by atoms with E-state index in [0.29, 0.717) is 28.8 Å². The lowest BCUT2D eigenvalue weighted by Gasteiger charge is -2.60. The minimum Gasteiger partial charge on any atom is -0.481 e. The number of nitrogens with one attached hydrogen (secondary N) is 1. The highest BCUT2D eigenvalue weighted by atomic mass is 16.5. The topological polar surface area (TPSA) is 125 Å². The molecular weight excluding hydrogens is 414 g/mol. The second kappa shape index (κ2) is 8.63. The fourth-order valence-electron chi connectivity index (χ4n) is 5.53. The van der Waals surface area contributed by atoms with Crippen molar-refractivity contribution >= 4 is 11.9 Å². The summed E-state index contributed by atoms with van der Waals surface area (Å²) < 4.78 is 12.5. The highest BCUT2D eigenvalue weighted by molar-refractivity contribution is 5.91. The van der Waals surface area contributed by atoms with Gasteiger partial charge in [-0.3, -0.25) is 9.59 Å². The highest BCUT2D eigenvalue weighted by Gasteiger charge is 2.71. The van der Waals surface area contributed by atoms with Crippen molar-refractivity contribution in [3.05, 3.63) is 70.8 Å². The fourth-order valence-corrected chi connectivity index (χ4v) is 5.53. The van der Waals surface area contributed by atoms with Crippen molar-refractivity contribution in [2.24, 2.45) is 11.8 Å². The van der Waals surface area contributed by atoms with Gasteiger partial charge in [-0.05, 0) is 29.2 Å². The molecule has 0 fully saturated rings. The van der Waals surface area contributed by atoms with E-state index in [0.717, 1.165) is 0 Å². The predicted octanol–water partition coefficient (Wildman–Crippen LogP) is 0.972. The van der Waals surface area contributed by atoms with Crippen molar-refractivity contribution in [3.63, 3.8) is 0 Å². The summed E-state index contributed by atoms with van der Waals surface area (Å²) in [7, 11) is 0. The number of hydrogen-bond donors (Lipinski definition) is 4. The number of carboxylic acid groups (broad SMARTS) is 1. The van der Waals surface area contributed by atoms with Gasteiger partial charge in [0.25, 0.3) is 0 Å². The first-order chi connectivity index (χ1) is 15.5. The number of aliphatic hydroxyl groups is 2. The quantitative estimate of drug-likeness (QED) is 0.457. The van der Waals surface area contributed by atoms with E-state index in [9.17, 15) is 24.9 Å². The Morgan fingerprint density at radius 1 is 0.844 bits per heavy atom. The molecule has 0 saturated carbocycles. The van der Waals surface area contributed by atoms with Gasteiger partial charge in [0, 0.05) is 6.54 Å². The number of rotatable bonds is 9. The van der Waals surface area contributed by atoms with Gasteiger partial charge in [0.2, 0.25) is 5.91 Å². The van der Waals surface area contributed by atoms with Gasteiger partial charge in [0.15, 0.2) is 0 Å². The first-order valence-electron chi connectivity index (χ1n) is 10.7. The summed E-state index contributed by atoms with van der Waals surface area (Å²) in [6.07, 6.45) is 0. The van der Waals surface area contributed by atoms with Gasteiger partial charge in [0.1, 0.15) is 17.1 Å². The molecule has 2 unspecified atom stereocenters. The molecule has 0 spiro atoms. The van der Waals surface area contributed by atoms with Crippen molar-refractivity contribution in [2.45, 2.75) is 18.1 Å². The smallest absolute Gasteiger partial charge is 0.311 e. The van der Waals surface area contributed by atoms with Crippen LogP contribution in [0.3, 0.4) is 0 Å². The molecule has 170 valence electrons. The van der Waals surface area contributed by atoms with Crippen LogP contribution in [0.5, 0.6) is 0 Å². The number of carbonyl (C=O) groups is 2. The van der Waals surface area contributed by atoms with Gasteiger partial charge in [-0.15, -0.1) is 0 Å². The lowest BCUT2D eigenvalue weighted by atomic mass is 9.49. The first-order valence-corrected chi connectivity index (χ1v) is 10.7. The summed E-state index contributed by atoms with van der Waals surface area (Å²) >= 11 is 0. The third kappa shape index (κ3) is 2.91. The molecule has 0 radical (unpaired) electrons. The van der Waals surface area contributed by atoms with Gasteiger partial charge in [-0.2, -0.15) is 0 Å². The highest BCUT2D eigenvalue weighted by Crippen LogP contribution is 2.65. The van der Waals surface area contributed by atoms with E-state index in [1.54, 1.807) is 43.3 Å². The number of carboxylic acids is 1. The third-order valence-electron chi connectivity index (χ3n) is 6.41. The summed E-state index contributed by atoms with van der Waals surface area (Å²) in [6, 6.07) is 14.4. The normalized spacial score (nSPS) is 27.5. The number of aliphatic hydroxyl groups excluding tert-OH is 2. The molecule has 2 atom stereocenters. The molecule has 3 aliphatic carbocycles. The van der Waals surface area contributed by atoms with Gasteiger partial charge in [-0.25, -0.2) is 0 Å². The van der Waals surface area contributed by atoms with Crippen LogP contribution in [0.1, 0.15) is 29.2 Å². The van der Waals surface area contributed by atoms with Crippen LogP contribution in [-0.4, -0.2) is 60.2 Å². The molecule has 1 amide bonds. The summed E-state index contributed by atoms with van der Waals surface area (Å²) in [5, 5.41) is 32.4. The number of amides is 1. The number of aliphatic carboxylic acids is 1. The molecule has 0 heterocycles. The van der Waals surface area contributed by atoms with Crippen LogP contribution in [0.15, 0.2) is 48.5 Å². The van der Waals surface area contributed by atoms with Gasteiger partial charge in [-0.1, -0.05) is 48.5 Å². The Morgan fingerprint density at radius 2 is 1.25 bits per heavy atom. The summed E-state index contributed by atoms with van der Waals surface area (Å²) in [4.78, 5) is 26.3. The van der Waals surface area contributed by atoms with Crippen molar-refractivity contribution in [2.75, 3.05) is 33.0 Å². The van der Waals surface area contributed by atoms with Crippen molar-refractivity contribution in [1.82, 2.24) is 5.32 Å². The third-order valence-corrected chi connectivity index (χ3v) is 6.41. The van der Waals surface area contributed by atoms with E-state index in [1.165, 1.54) is 0 Å². The Balaban J connectivity index is 2.15. The van der Waals surface area contributed by atoms with Crippen LogP contribution in [0.4, 0.5) is 0 Å². The number of ether oxygens (including phenoxy) is 2. The summed E-state index contributed by atoms with van der Waals surface area (Å²) in [5.74, 6) is -4.18. The molecule has 4 N–H and O–H groups in total. The maximum Gasteiger partial charge on any atom is 0.311 e. The Labute approximate surface area is 185 Å². The molecule has 8 nitrogen and oxygen atoms in total.